The van der Waals surface area contributed by atoms with E-state index >= 15 is 0 Å². The number of amides is 1. The van der Waals surface area contributed by atoms with Crippen LogP contribution in [0.25, 0.3) is 10.2 Å². The predicted molar refractivity (Wildman–Crippen MR) is 95.0 cm³/mol. The number of thiazole rings is 1. The fraction of sp³-hybridized carbons (Fsp3) is 0.263. The third-order valence-electron chi connectivity index (χ3n) is 4.59. The van der Waals surface area contributed by atoms with E-state index in [1.165, 1.54) is 16.7 Å². The first-order valence-corrected chi connectivity index (χ1v) is 8.67. The Bertz CT molecular complexity index is 846. The zero-order valence-electron chi connectivity index (χ0n) is 13.2. The van der Waals surface area contributed by atoms with Crippen molar-refractivity contribution in [2.45, 2.75) is 26.2 Å². The molecule has 1 N–H and O–H groups in total. The second kappa shape index (κ2) is 5.46. The van der Waals surface area contributed by atoms with Crippen molar-refractivity contribution in [1.82, 2.24) is 4.98 Å². The van der Waals surface area contributed by atoms with Crippen molar-refractivity contribution >= 4 is 32.6 Å². The maximum absolute atomic E-state index is 12.4. The molecule has 1 saturated carbocycles. The molecule has 4 rings (SSSR count). The van der Waals surface area contributed by atoms with Gasteiger partial charge in [0.25, 0.3) is 0 Å². The van der Waals surface area contributed by atoms with E-state index in [0.717, 1.165) is 16.6 Å². The van der Waals surface area contributed by atoms with Gasteiger partial charge in [-0.1, -0.05) is 41.7 Å². The smallest absolute Gasteiger partial charge is 0.229 e. The quantitative estimate of drug-likeness (QED) is 0.762. The summed E-state index contributed by atoms with van der Waals surface area (Å²) in [4.78, 5) is 17.0. The maximum Gasteiger partial charge on any atom is 0.229 e. The van der Waals surface area contributed by atoms with Crippen molar-refractivity contribution in [2.24, 2.45) is 5.92 Å². The number of aromatic nitrogens is 1. The molecule has 0 spiro atoms. The lowest BCUT2D eigenvalue weighted by Crippen LogP contribution is -2.14. The van der Waals surface area contributed by atoms with Crippen LogP contribution in [-0.2, 0) is 4.79 Å². The molecule has 2 unspecified atom stereocenters. The number of anilines is 1. The van der Waals surface area contributed by atoms with E-state index in [9.17, 15) is 4.79 Å². The SMILES string of the molecule is Cc1cc2nc(NC(=O)C3CC3c3ccccc3)sc2cc1C. The number of fused-ring (bicyclic) bond motifs is 1. The van der Waals surface area contributed by atoms with Gasteiger partial charge in [-0.2, -0.15) is 0 Å². The summed E-state index contributed by atoms with van der Waals surface area (Å²) in [6.45, 7) is 4.18. The van der Waals surface area contributed by atoms with E-state index in [-0.39, 0.29) is 11.8 Å². The highest BCUT2D eigenvalue weighted by atomic mass is 32.1. The number of rotatable bonds is 3. The summed E-state index contributed by atoms with van der Waals surface area (Å²) in [5.41, 5.74) is 4.70. The Morgan fingerprint density at radius 1 is 1.17 bits per heavy atom. The largest absolute Gasteiger partial charge is 0.302 e. The lowest BCUT2D eigenvalue weighted by molar-refractivity contribution is -0.117. The standard InChI is InChI=1S/C19H18N2OS/c1-11-8-16-17(9-12(11)2)23-19(20-16)21-18(22)15-10-14(15)13-6-4-3-5-7-13/h3-9,14-15H,10H2,1-2H3,(H,20,21,22). The van der Waals surface area contributed by atoms with Gasteiger partial charge in [0.15, 0.2) is 5.13 Å². The van der Waals surface area contributed by atoms with Gasteiger partial charge in [-0.15, -0.1) is 0 Å². The lowest BCUT2D eigenvalue weighted by atomic mass is 10.1. The third-order valence-corrected chi connectivity index (χ3v) is 5.52. The topological polar surface area (TPSA) is 42.0 Å². The van der Waals surface area contributed by atoms with Crippen molar-refractivity contribution in [3.05, 3.63) is 59.2 Å². The zero-order chi connectivity index (χ0) is 16.0. The normalized spacial score (nSPS) is 19.7. The Kier molecular flexibility index (Phi) is 3.42. The summed E-state index contributed by atoms with van der Waals surface area (Å²) >= 11 is 1.55. The molecule has 1 heterocycles. The number of carbonyl (C=O) groups is 1. The monoisotopic (exact) mass is 322 g/mol. The molecule has 23 heavy (non-hydrogen) atoms. The Labute approximate surface area is 139 Å². The summed E-state index contributed by atoms with van der Waals surface area (Å²) in [6.07, 6.45) is 0.930. The molecule has 1 fully saturated rings. The van der Waals surface area contributed by atoms with Crippen molar-refractivity contribution in [2.75, 3.05) is 5.32 Å². The average molecular weight is 322 g/mol. The Morgan fingerprint density at radius 2 is 1.91 bits per heavy atom. The predicted octanol–water partition coefficient (Wildman–Crippen LogP) is 4.66. The van der Waals surface area contributed by atoms with E-state index in [4.69, 9.17) is 0 Å². The average Bonchev–Trinajstić information content (AvgIpc) is 3.26. The minimum Gasteiger partial charge on any atom is -0.302 e. The molecule has 116 valence electrons. The van der Waals surface area contributed by atoms with Crippen LogP contribution in [0.2, 0.25) is 0 Å². The fourth-order valence-electron chi connectivity index (χ4n) is 2.98. The minimum absolute atomic E-state index is 0.0767. The van der Waals surface area contributed by atoms with Crippen LogP contribution >= 0.6 is 11.3 Å². The molecule has 2 aromatic carbocycles. The van der Waals surface area contributed by atoms with Gasteiger partial charge in [0.1, 0.15) is 0 Å². The maximum atomic E-state index is 12.4. The molecule has 0 aliphatic heterocycles. The summed E-state index contributed by atoms with van der Waals surface area (Å²) < 4.78 is 1.12. The Hall–Kier alpha value is -2.20. The number of benzene rings is 2. The van der Waals surface area contributed by atoms with E-state index in [2.05, 4.69) is 48.4 Å². The molecule has 2 atom stereocenters. The second-order valence-electron chi connectivity index (χ2n) is 6.27. The van der Waals surface area contributed by atoms with Crippen LogP contribution in [0.1, 0.15) is 29.0 Å². The van der Waals surface area contributed by atoms with Gasteiger partial charge in [0, 0.05) is 5.92 Å². The van der Waals surface area contributed by atoms with Crippen LogP contribution in [0.15, 0.2) is 42.5 Å². The molecule has 1 amide bonds. The number of aryl methyl sites for hydroxylation is 2. The number of hydrogen-bond donors (Lipinski definition) is 1. The van der Waals surface area contributed by atoms with Crippen LogP contribution in [0, 0.1) is 19.8 Å². The first-order chi connectivity index (χ1) is 11.1. The molecule has 1 aliphatic carbocycles. The van der Waals surface area contributed by atoms with Crippen LogP contribution in [-0.4, -0.2) is 10.9 Å². The van der Waals surface area contributed by atoms with E-state index < -0.39 is 0 Å². The van der Waals surface area contributed by atoms with E-state index in [1.54, 1.807) is 11.3 Å². The van der Waals surface area contributed by atoms with Gasteiger partial charge >= 0.3 is 0 Å². The highest BCUT2D eigenvalue weighted by molar-refractivity contribution is 7.22. The molecule has 4 heteroatoms. The van der Waals surface area contributed by atoms with Crippen LogP contribution in [0.5, 0.6) is 0 Å². The van der Waals surface area contributed by atoms with Crippen molar-refractivity contribution in [3.63, 3.8) is 0 Å². The number of hydrogen-bond acceptors (Lipinski definition) is 3. The van der Waals surface area contributed by atoms with Crippen molar-refractivity contribution in [1.29, 1.82) is 0 Å². The summed E-state index contributed by atoms with van der Waals surface area (Å²) in [6, 6.07) is 14.5. The van der Waals surface area contributed by atoms with Crippen LogP contribution < -0.4 is 5.32 Å². The highest BCUT2D eigenvalue weighted by Crippen LogP contribution is 2.48. The minimum atomic E-state index is 0.0767. The van der Waals surface area contributed by atoms with Gasteiger partial charge in [-0.3, -0.25) is 4.79 Å². The number of carbonyl (C=O) groups excluding carboxylic acids is 1. The fourth-order valence-corrected chi connectivity index (χ4v) is 3.93. The van der Waals surface area contributed by atoms with E-state index in [0.29, 0.717) is 11.0 Å². The summed E-state index contributed by atoms with van der Waals surface area (Å²) in [5, 5.41) is 3.70. The summed E-state index contributed by atoms with van der Waals surface area (Å²) in [5.74, 6) is 0.523. The highest BCUT2D eigenvalue weighted by Gasteiger charge is 2.44. The van der Waals surface area contributed by atoms with Crippen molar-refractivity contribution < 1.29 is 4.79 Å². The van der Waals surface area contributed by atoms with Gasteiger partial charge in [-0.05, 0) is 55.0 Å². The number of nitrogens with zero attached hydrogens (tertiary/aromatic N) is 1. The molecule has 3 aromatic rings. The Balaban J connectivity index is 1.49. The summed E-state index contributed by atoms with van der Waals surface area (Å²) in [7, 11) is 0. The van der Waals surface area contributed by atoms with Crippen LogP contribution in [0.3, 0.4) is 0 Å². The molecule has 0 radical (unpaired) electrons. The molecular formula is C19H18N2OS. The van der Waals surface area contributed by atoms with Gasteiger partial charge in [0.05, 0.1) is 10.2 Å². The molecule has 1 aliphatic rings. The second-order valence-corrected chi connectivity index (χ2v) is 7.30. The Morgan fingerprint density at radius 3 is 2.70 bits per heavy atom. The first kappa shape index (κ1) is 14.4. The first-order valence-electron chi connectivity index (χ1n) is 7.85. The molecule has 0 saturated heterocycles. The van der Waals surface area contributed by atoms with Crippen LogP contribution in [0.4, 0.5) is 5.13 Å². The molecule has 1 aromatic heterocycles. The zero-order valence-corrected chi connectivity index (χ0v) is 14.0. The number of nitrogens with one attached hydrogen (secondary N) is 1. The van der Waals surface area contributed by atoms with Gasteiger partial charge < -0.3 is 5.32 Å². The third kappa shape index (κ3) is 2.75. The van der Waals surface area contributed by atoms with Crippen molar-refractivity contribution in [3.8, 4) is 0 Å². The van der Waals surface area contributed by atoms with Gasteiger partial charge in [-0.25, -0.2) is 4.98 Å². The molecular weight excluding hydrogens is 304 g/mol. The van der Waals surface area contributed by atoms with Gasteiger partial charge in [0.2, 0.25) is 5.91 Å². The lowest BCUT2D eigenvalue weighted by Gasteiger charge is -2.01. The molecule has 0 bridgehead atoms. The molecule has 3 nitrogen and oxygen atoms in total. The van der Waals surface area contributed by atoms with E-state index in [1.807, 2.05) is 18.2 Å².